The number of rotatable bonds is 10. The molecule has 0 N–H and O–H groups in total. The normalized spacial score (nSPS) is 19.5. The zero-order valence-corrected chi connectivity index (χ0v) is 23.3. The molecule has 2 atom stereocenters. The number of thioether (sulfide) groups is 4. The number of nitrogens with zero attached hydrogens (tertiary/aromatic N) is 4. The third-order valence-corrected chi connectivity index (χ3v) is 11.7. The molecule has 2 aromatic carbocycles. The Morgan fingerprint density at radius 3 is 1.54 bits per heavy atom. The molecule has 0 fully saturated rings. The number of hydrogen-bond donors (Lipinski definition) is 0. The van der Waals surface area contributed by atoms with E-state index in [4.69, 9.17) is 19.5 Å². The van der Waals surface area contributed by atoms with E-state index >= 15 is 0 Å². The average molecular weight is 561 g/mol. The summed E-state index contributed by atoms with van der Waals surface area (Å²) in [6.07, 6.45) is 0. The molecule has 3 heterocycles. The highest BCUT2D eigenvalue weighted by atomic mass is 32.2. The zero-order chi connectivity index (χ0) is 24.0. The summed E-state index contributed by atoms with van der Waals surface area (Å²) in [5.41, 5.74) is 2.31. The van der Waals surface area contributed by atoms with Crippen molar-refractivity contribution in [3.05, 3.63) is 59.7 Å². The Bertz CT molecular complexity index is 1110. The molecule has 0 saturated carbocycles. The van der Waals surface area contributed by atoms with Gasteiger partial charge in [0.25, 0.3) is 0 Å². The lowest BCUT2D eigenvalue weighted by Crippen LogP contribution is -2.06. The molecule has 11 heteroatoms. The molecule has 0 unspecified atom stereocenters. The molecule has 1 aromatic heterocycles. The molecule has 35 heavy (non-hydrogen) atoms. The van der Waals surface area contributed by atoms with Gasteiger partial charge in [0.2, 0.25) is 0 Å². The quantitative estimate of drug-likeness (QED) is 0.286. The Hall–Kier alpha value is -1.66. The molecular weight excluding hydrogens is 537 g/mol. The Morgan fingerprint density at radius 2 is 1.14 bits per heavy atom. The van der Waals surface area contributed by atoms with E-state index in [1.54, 1.807) is 49.1 Å². The predicted molar refractivity (Wildman–Crippen MR) is 153 cm³/mol. The van der Waals surface area contributed by atoms with Crippen LogP contribution in [0.5, 0.6) is 11.5 Å². The van der Waals surface area contributed by atoms with E-state index in [1.807, 2.05) is 47.8 Å². The molecule has 0 spiro atoms. The van der Waals surface area contributed by atoms with Crippen molar-refractivity contribution < 1.29 is 9.47 Å². The Balaban J connectivity index is 1.04. The third kappa shape index (κ3) is 6.56. The van der Waals surface area contributed by atoms with E-state index in [1.165, 1.54) is 0 Å². The Labute approximate surface area is 226 Å². The van der Waals surface area contributed by atoms with Crippen LogP contribution in [0.4, 0.5) is 0 Å². The largest absolute Gasteiger partial charge is 0.497 e. The van der Waals surface area contributed by atoms with Gasteiger partial charge in [0, 0.05) is 33.1 Å². The van der Waals surface area contributed by atoms with Gasteiger partial charge in [-0.2, -0.15) is 0 Å². The summed E-state index contributed by atoms with van der Waals surface area (Å²) >= 11 is 8.94. The van der Waals surface area contributed by atoms with Gasteiger partial charge in [0.1, 0.15) is 11.5 Å². The predicted octanol–water partition coefficient (Wildman–Crippen LogP) is 5.86. The summed E-state index contributed by atoms with van der Waals surface area (Å²) in [7, 11) is 3.37. The van der Waals surface area contributed by atoms with Crippen LogP contribution in [-0.4, -0.2) is 69.6 Å². The molecule has 0 radical (unpaired) electrons. The van der Waals surface area contributed by atoms with Gasteiger partial charge in [-0.25, -0.2) is 0 Å². The van der Waals surface area contributed by atoms with Crippen molar-refractivity contribution in [2.75, 3.05) is 38.8 Å². The summed E-state index contributed by atoms with van der Waals surface area (Å²) in [5.74, 6) is 3.69. The summed E-state index contributed by atoms with van der Waals surface area (Å²) < 4.78 is 12.5. The first kappa shape index (κ1) is 25.0. The van der Waals surface area contributed by atoms with Gasteiger partial charge in [0.05, 0.1) is 37.4 Å². The highest BCUT2D eigenvalue weighted by molar-refractivity contribution is 8.16. The molecule has 0 saturated heterocycles. The summed E-state index contributed by atoms with van der Waals surface area (Å²) in [4.78, 5) is 9.48. The minimum Gasteiger partial charge on any atom is -0.497 e. The summed E-state index contributed by atoms with van der Waals surface area (Å²) in [6, 6.07) is 16.2. The fraction of sp³-hybridized carbons (Fsp3) is 0.333. The Morgan fingerprint density at radius 1 is 0.714 bits per heavy atom. The van der Waals surface area contributed by atoms with E-state index in [0.717, 1.165) is 66.0 Å². The van der Waals surface area contributed by atoms with Gasteiger partial charge in [-0.3, -0.25) is 9.98 Å². The minimum absolute atomic E-state index is 0.459. The first-order chi connectivity index (χ1) is 17.2. The fourth-order valence-electron chi connectivity index (χ4n) is 3.44. The molecule has 0 aliphatic carbocycles. The SMILES string of the molecule is COc1ccc(C2=NC[C@H](CSc3nnc(SC[C@H]4CN=C(c5ccc(OC)cc5)S4)s3)S2)cc1. The van der Waals surface area contributed by atoms with Gasteiger partial charge in [0.15, 0.2) is 8.68 Å². The smallest absolute Gasteiger partial charge is 0.175 e. The molecule has 0 amide bonds. The number of methoxy groups -OCH3 is 2. The maximum absolute atomic E-state index is 5.24. The topological polar surface area (TPSA) is 69.0 Å². The second-order valence-corrected chi connectivity index (χ2v) is 13.8. The highest BCUT2D eigenvalue weighted by Gasteiger charge is 2.23. The summed E-state index contributed by atoms with van der Waals surface area (Å²) in [6.45, 7) is 1.68. The molecule has 182 valence electrons. The van der Waals surface area contributed by atoms with Gasteiger partial charge >= 0.3 is 0 Å². The van der Waals surface area contributed by atoms with Crippen molar-refractivity contribution >= 4 is 68.5 Å². The second kappa shape index (κ2) is 12.1. The van der Waals surface area contributed by atoms with Crippen molar-refractivity contribution in [3.63, 3.8) is 0 Å². The third-order valence-electron chi connectivity index (χ3n) is 5.28. The van der Waals surface area contributed by atoms with Gasteiger partial charge < -0.3 is 9.47 Å². The fourth-order valence-corrected chi connectivity index (χ4v) is 9.05. The average Bonchev–Trinajstić information content (AvgIpc) is 3.67. The monoisotopic (exact) mass is 560 g/mol. The van der Waals surface area contributed by atoms with E-state index in [-0.39, 0.29) is 0 Å². The van der Waals surface area contributed by atoms with E-state index < -0.39 is 0 Å². The van der Waals surface area contributed by atoms with Crippen LogP contribution in [0.25, 0.3) is 0 Å². The number of benzene rings is 2. The maximum atomic E-state index is 5.24. The van der Waals surface area contributed by atoms with E-state index in [0.29, 0.717) is 10.5 Å². The van der Waals surface area contributed by atoms with Crippen LogP contribution in [-0.2, 0) is 0 Å². The van der Waals surface area contributed by atoms with Crippen LogP contribution in [0.3, 0.4) is 0 Å². The second-order valence-electron chi connectivity index (χ2n) is 7.68. The van der Waals surface area contributed by atoms with E-state index in [9.17, 15) is 0 Å². The van der Waals surface area contributed by atoms with Crippen LogP contribution >= 0.6 is 58.4 Å². The van der Waals surface area contributed by atoms with Crippen LogP contribution in [0, 0.1) is 0 Å². The maximum Gasteiger partial charge on any atom is 0.175 e. The number of hydrogen-bond acceptors (Lipinski definition) is 11. The van der Waals surface area contributed by atoms with Gasteiger partial charge in [-0.15, -0.1) is 33.7 Å². The zero-order valence-electron chi connectivity index (χ0n) is 19.2. The lowest BCUT2D eigenvalue weighted by Gasteiger charge is -2.07. The van der Waals surface area contributed by atoms with Crippen molar-refractivity contribution in [2.24, 2.45) is 9.98 Å². The molecule has 0 bridgehead atoms. The van der Waals surface area contributed by atoms with Crippen LogP contribution in [0.15, 0.2) is 67.2 Å². The molecule has 6 nitrogen and oxygen atoms in total. The van der Waals surface area contributed by atoms with E-state index in [2.05, 4.69) is 34.5 Å². The van der Waals surface area contributed by atoms with Crippen molar-refractivity contribution in [1.29, 1.82) is 0 Å². The lowest BCUT2D eigenvalue weighted by atomic mass is 10.2. The first-order valence-electron chi connectivity index (χ1n) is 11.0. The molecule has 5 rings (SSSR count). The molecule has 3 aromatic rings. The number of aromatic nitrogens is 2. The van der Waals surface area contributed by atoms with Crippen LogP contribution < -0.4 is 9.47 Å². The van der Waals surface area contributed by atoms with Crippen molar-refractivity contribution in [2.45, 2.75) is 19.2 Å². The van der Waals surface area contributed by atoms with Crippen molar-refractivity contribution in [3.8, 4) is 11.5 Å². The van der Waals surface area contributed by atoms with Crippen LogP contribution in [0.2, 0.25) is 0 Å². The van der Waals surface area contributed by atoms with Crippen molar-refractivity contribution in [1.82, 2.24) is 10.2 Å². The molecule has 2 aliphatic rings. The van der Waals surface area contributed by atoms with Crippen LogP contribution in [0.1, 0.15) is 11.1 Å². The lowest BCUT2D eigenvalue weighted by molar-refractivity contribution is 0.414. The Kier molecular flexibility index (Phi) is 8.61. The molecular formula is C24H24N4O2S5. The standard InChI is InChI=1S/C24H24N4O2S5/c1-29-17-7-3-15(4-8-17)21-25-11-19(33-21)13-31-23-27-28-24(35-23)32-14-20-12-26-22(34-20)16-5-9-18(30-2)10-6-16/h3-10,19-20H,11-14H2,1-2H3/t19-,20-/m1/s1. The number of ether oxygens (including phenoxy) is 2. The minimum atomic E-state index is 0.459. The molecule has 2 aliphatic heterocycles. The number of aliphatic imine (C=N–C) groups is 2. The van der Waals surface area contributed by atoms with Gasteiger partial charge in [-0.1, -0.05) is 34.9 Å². The highest BCUT2D eigenvalue weighted by Crippen LogP contribution is 2.36. The van der Waals surface area contributed by atoms with Gasteiger partial charge in [-0.05, 0) is 48.5 Å². The first-order valence-corrected chi connectivity index (χ1v) is 15.5. The summed E-state index contributed by atoms with van der Waals surface area (Å²) in [5, 5.41) is 11.9.